The van der Waals surface area contributed by atoms with Crippen molar-refractivity contribution in [1.82, 2.24) is 4.90 Å². The second-order valence-corrected chi connectivity index (χ2v) is 6.58. The predicted octanol–water partition coefficient (Wildman–Crippen LogP) is 2.67. The van der Waals surface area contributed by atoms with Crippen LogP contribution in [0.5, 0.6) is 0 Å². The van der Waals surface area contributed by atoms with Crippen LogP contribution in [0.3, 0.4) is 0 Å². The van der Waals surface area contributed by atoms with Gasteiger partial charge in [-0.3, -0.25) is 9.59 Å². The van der Waals surface area contributed by atoms with Crippen LogP contribution in [-0.4, -0.2) is 29.8 Å². The number of hydrogen-bond donors (Lipinski definition) is 1. The Kier molecular flexibility index (Phi) is 3.98. The predicted molar refractivity (Wildman–Crippen MR) is 87.7 cm³/mol. The number of nitrogens with zero attached hydrogens (tertiary/aromatic N) is 1. The summed E-state index contributed by atoms with van der Waals surface area (Å²) in [6.07, 6.45) is 0.659. The van der Waals surface area contributed by atoms with Crippen LogP contribution in [0.15, 0.2) is 35.7 Å². The van der Waals surface area contributed by atoms with Gasteiger partial charge in [0.15, 0.2) is 0 Å². The summed E-state index contributed by atoms with van der Waals surface area (Å²) in [4.78, 5) is 26.5. The molecular formula is C17H18N2O2S. The zero-order valence-electron chi connectivity index (χ0n) is 12.4. The van der Waals surface area contributed by atoms with Gasteiger partial charge in [0.25, 0.3) is 5.91 Å². The average Bonchev–Trinajstić information content (AvgIpc) is 3.17. The first-order chi connectivity index (χ1) is 10.6. The Labute approximate surface area is 133 Å². The van der Waals surface area contributed by atoms with Crippen LogP contribution in [0.25, 0.3) is 11.1 Å². The molecule has 1 aliphatic rings. The van der Waals surface area contributed by atoms with Crippen LogP contribution in [0.2, 0.25) is 0 Å². The van der Waals surface area contributed by atoms with Gasteiger partial charge in [-0.2, -0.15) is 0 Å². The van der Waals surface area contributed by atoms with Crippen molar-refractivity contribution in [2.24, 2.45) is 11.7 Å². The van der Waals surface area contributed by atoms with Crippen molar-refractivity contribution >= 4 is 23.2 Å². The van der Waals surface area contributed by atoms with Crippen molar-refractivity contribution in [3.05, 3.63) is 46.2 Å². The number of thiophene rings is 1. The topological polar surface area (TPSA) is 63.4 Å². The first kappa shape index (κ1) is 14.8. The Morgan fingerprint density at radius 2 is 1.95 bits per heavy atom. The molecule has 1 atom stereocenters. The molecule has 0 saturated carbocycles. The van der Waals surface area contributed by atoms with E-state index < -0.39 is 0 Å². The van der Waals surface area contributed by atoms with Gasteiger partial charge in [-0.05, 0) is 30.4 Å². The fourth-order valence-corrected chi connectivity index (χ4v) is 3.64. The minimum atomic E-state index is -0.319. The van der Waals surface area contributed by atoms with Gasteiger partial charge in [-0.25, -0.2) is 0 Å². The summed E-state index contributed by atoms with van der Waals surface area (Å²) >= 11 is 1.45. The Bertz CT molecular complexity index is 706. The van der Waals surface area contributed by atoms with Crippen LogP contribution in [-0.2, 0) is 4.79 Å². The molecule has 1 aromatic heterocycles. The molecule has 2 amide bonds. The molecule has 114 valence electrons. The first-order valence-corrected chi connectivity index (χ1v) is 8.17. The highest BCUT2D eigenvalue weighted by atomic mass is 32.1. The number of primary amides is 1. The van der Waals surface area contributed by atoms with E-state index in [4.69, 9.17) is 5.73 Å². The highest BCUT2D eigenvalue weighted by Gasteiger charge is 2.31. The van der Waals surface area contributed by atoms with Gasteiger partial charge < -0.3 is 10.6 Å². The Balaban J connectivity index is 1.84. The molecule has 1 aliphatic heterocycles. The molecule has 1 saturated heterocycles. The fraction of sp³-hybridized carbons (Fsp3) is 0.294. The van der Waals surface area contributed by atoms with Gasteiger partial charge in [0.2, 0.25) is 5.91 Å². The molecule has 2 N–H and O–H groups in total. The highest BCUT2D eigenvalue weighted by molar-refractivity contribution is 7.12. The van der Waals surface area contributed by atoms with E-state index in [0.29, 0.717) is 19.5 Å². The lowest BCUT2D eigenvalue weighted by Crippen LogP contribution is -2.31. The molecule has 1 unspecified atom stereocenters. The van der Waals surface area contributed by atoms with E-state index in [2.05, 4.69) is 0 Å². The summed E-state index contributed by atoms with van der Waals surface area (Å²) in [5, 5.41) is 1.93. The van der Waals surface area contributed by atoms with E-state index >= 15 is 0 Å². The van der Waals surface area contributed by atoms with Crippen molar-refractivity contribution in [3.8, 4) is 11.1 Å². The fourth-order valence-electron chi connectivity index (χ4n) is 2.76. The van der Waals surface area contributed by atoms with Gasteiger partial charge in [0.05, 0.1) is 10.8 Å². The number of carbonyl (C=O) groups is 2. The Hall–Kier alpha value is -2.14. The number of amides is 2. The molecule has 2 aromatic rings. The largest absolute Gasteiger partial charge is 0.369 e. The molecule has 3 rings (SSSR count). The maximum absolute atomic E-state index is 12.7. The smallest absolute Gasteiger partial charge is 0.264 e. The van der Waals surface area contributed by atoms with E-state index in [9.17, 15) is 9.59 Å². The molecule has 4 nitrogen and oxygen atoms in total. The van der Waals surface area contributed by atoms with E-state index in [1.807, 2.05) is 42.6 Å². The number of likely N-dealkylation sites (tertiary alicyclic amines) is 1. The van der Waals surface area contributed by atoms with Crippen molar-refractivity contribution < 1.29 is 9.59 Å². The third kappa shape index (κ3) is 2.76. The summed E-state index contributed by atoms with van der Waals surface area (Å²) in [5.74, 6) is -0.540. The number of benzene rings is 1. The molecule has 1 aromatic carbocycles. The molecule has 0 spiro atoms. The van der Waals surface area contributed by atoms with Crippen molar-refractivity contribution in [3.63, 3.8) is 0 Å². The molecule has 5 heteroatoms. The normalized spacial score (nSPS) is 17.7. The zero-order valence-corrected chi connectivity index (χ0v) is 13.2. The second kappa shape index (κ2) is 5.93. The van der Waals surface area contributed by atoms with E-state index in [0.717, 1.165) is 16.0 Å². The zero-order chi connectivity index (χ0) is 15.7. The van der Waals surface area contributed by atoms with E-state index in [-0.39, 0.29) is 17.7 Å². The molecule has 0 radical (unpaired) electrons. The molecule has 0 aliphatic carbocycles. The number of carbonyl (C=O) groups excluding carboxylic acids is 2. The second-order valence-electron chi connectivity index (χ2n) is 5.67. The van der Waals surface area contributed by atoms with Gasteiger partial charge in [0, 0.05) is 18.7 Å². The van der Waals surface area contributed by atoms with Crippen LogP contribution >= 0.6 is 11.3 Å². The third-order valence-electron chi connectivity index (χ3n) is 4.10. The van der Waals surface area contributed by atoms with Gasteiger partial charge in [-0.15, -0.1) is 11.3 Å². The third-order valence-corrected chi connectivity index (χ3v) is 5.00. The number of aryl methyl sites for hydroxylation is 1. The van der Waals surface area contributed by atoms with Crippen molar-refractivity contribution in [2.75, 3.05) is 13.1 Å². The number of hydrogen-bond acceptors (Lipinski definition) is 3. The summed E-state index contributed by atoms with van der Waals surface area (Å²) in [6.45, 7) is 3.06. The summed E-state index contributed by atoms with van der Waals surface area (Å²) in [7, 11) is 0. The highest BCUT2D eigenvalue weighted by Crippen LogP contribution is 2.31. The molecular weight excluding hydrogens is 296 g/mol. The first-order valence-electron chi connectivity index (χ1n) is 7.29. The lowest BCUT2D eigenvalue weighted by Gasteiger charge is -2.16. The average molecular weight is 314 g/mol. The van der Waals surface area contributed by atoms with E-state index in [1.165, 1.54) is 16.9 Å². The van der Waals surface area contributed by atoms with E-state index in [1.54, 1.807) is 4.90 Å². The van der Waals surface area contributed by atoms with Crippen LogP contribution < -0.4 is 5.73 Å². The van der Waals surface area contributed by atoms with Gasteiger partial charge in [-0.1, -0.05) is 29.8 Å². The summed E-state index contributed by atoms with van der Waals surface area (Å²) in [6, 6.07) is 10.1. The Morgan fingerprint density at radius 3 is 2.59 bits per heavy atom. The maximum atomic E-state index is 12.7. The Morgan fingerprint density at radius 1 is 1.23 bits per heavy atom. The number of rotatable bonds is 3. The van der Waals surface area contributed by atoms with Gasteiger partial charge in [0.1, 0.15) is 0 Å². The summed E-state index contributed by atoms with van der Waals surface area (Å²) < 4.78 is 0. The molecule has 1 fully saturated rings. The quantitative estimate of drug-likeness (QED) is 0.946. The lowest BCUT2D eigenvalue weighted by molar-refractivity contribution is -0.121. The standard InChI is InChI=1S/C17H18N2O2S/c1-11-2-4-12(5-3-11)14-7-9-22-15(14)17(21)19-8-6-13(10-19)16(18)20/h2-5,7,9,13H,6,8,10H2,1H3,(H2,18,20). The van der Waals surface area contributed by atoms with Gasteiger partial charge >= 0.3 is 0 Å². The van der Waals surface area contributed by atoms with Crippen LogP contribution in [0.4, 0.5) is 0 Å². The van der Waals surface area contributed by atoms with Crippen LogP contribution in [0, 0.1) is 12.8 Å². The molecule has 0 bridgehead atoms. The van der Waals surface area contributed by atoms with Crippen molar-refractivity contribution in [2.45, 2.75) is 13.3 Å². The monoisotopic (exact) mass is 314 g/mol. The maximum Gasteiger partial charge on any atom is 0.264 e. The number of nitrogens with two attached hydrogens (primary N) is 1. The SMILES string of the molecule is Cc1ccc(-c2ccsc2C(=O)N2CCC(C(N)=O)C2)cc1. The molecule has 2 heterocycles. The molecule has 22 heavy (non-hydrogen) atoms. The summed E-state index contributed by atoms with van der Waals surface area (Å²) in [5.41, 5.74) is 8.53. The minimum absolute atomic E-state index is 0.00525. The lowest BCUT2D eigenvalue weighted by atomic mass is 10.0. The van der Waals surface area contributed by atoms with Crippen LogP contribution in [0.1, 0.15) is 21.7 Å². The van der Waals surface area contributed by atoms with Crippen molar-refractivity contribution in [1.29, 1.82) is 0 Å². The minimum Gasteiger partial charge on any atom is -0.369 e.